The molecule has 17 heteroatoms. The third-order valence-corrected chi connectivity index (χ3v) is 3.73. The van der Waals surface area contributed by atoms with Crippen LogP contribution in [-0.4, -0.2) is 73.5 Å². The first-order valence-corrected chi connectivity index (χ1v) is 8.53. The highest BCUT2D eigenvalue weighted by atomic mass is 19.4. The fraction of sp³-hybridized carbons (Fsp3) is 0.588. The summed E-state index contributed by atoms with van der Waals surface area (Å²) in [6, 6.07) is 0. The zero-order valence-corrected chi connectivity index (χ0v) is 17.0. The number of halogens is 10. The van der Waals surface area contributed by atoms with Gasteiger partial charge in [-0.15, -0.1) is 0 Å². The van der Waals surface area contributed by atoms with Crippen molar-refractivity contribution < 1.29 is 72.5 Å². The summed E-state index contributed by atoms with van der Waals surface area (Å²) >= 11 is 0. The van der Waals surface area contributed by atoms with Gasteiger partial charge in [-0.05, 0) is 6.92 Å². The van der Waals surface area contributed by atoms with Gasteiger partial charge in [-0.25, -0.2) is 23.2 Å². The van der Waals surface area contributed by atoms with Gasteiger partial charge in [-0.1, -0.05) is 13.2 Å². The molecule has 7 nitrogen and oxygen atoms in total. The fourth-order valence-corrected chi connectivity index (χ4v) is 1.80. The summed E-state index contributed by atoms with van der Waals surface area (Å²) < 4.78 is 143. The lowest BCUT2D eigenvalue weighted by atomic mass is 9.99. The van der Waals surface area contributed by atoms with Gasteiger partial charge in [-0.3, -0.25) is 0 Å². The number of amides is 1. The van der Waals surface area contributed by atoms with E-state index in [1.54, 1.807) is 5.32 Å². The molecule has 0 saturated heterocycles. The van der Waals surface area contributed by atoms with Crippen LogP contribution in [0.4, 0.5) is 48.7 Å². The molecule has 0 bridgehead atoms. The van der Waals surface area contributed by atoms with Gasteiger partial charge >= 0.3 is 48.1 Å². The first-order valence-electron chi connectivity index (χ1n) is 8.53. The van der Waals surface area contributed by atoms with Crippen LogP contribution in [0.3, 0.4) is 0 Å². The van der Waals surface area contributed by atoms with Crippen molar-refractivity contribution in [3.63, 3.8) is 0 Å². The summed E-state index contributed by atoms with van der Waals surface area (Å²) in [6.07, 6.45) is -6.24. The van der Waals surface area contributed by atoms with Gasteiger partial charge in [-0.2, -0.15) is 35.1 Å². The highest BCUT2D eigenvalue weighted by Gasteiger charge is 2.83. The molecule has 0 fully saturated rings. The Morgan fingerprint density at radius 3 is 1.56 bits per heavy atom. The normalized spacial score (nSPS) is 13.2. The Hall–Kier alpha value is -3.01. The first-order chi connectivity index (χ1) is 15.2. The van der Waals surface area contributed by atoms with Crippen molar-refractivity contribution in [2.24, 2.45) is 0 Å². The molecule has 0 rings (SSSR count). The number of nitrogens with one attached hydrogen (secondary N) is 1. The van der Waals surface area contributed by atoms with Gasteiger partial charge in [0.2, 0.25) is 0 Å². The smallest absolute Gasteiger partial charge is 0.408 e. The van der Waals surface area contributed by atoms with Crippen molar-refractivity contribution in [1.29, 1.82) is 0 Å². The quantitative estimate of drug-likeness (QED) is 0.172. The highest BCUT2D eigenvalue weighted by Crippen LogP contribution is 2.54. The second-order valence-electron chi connectivity index (χ2n) is 6.66. The molecule has 0 aromatic heterocycles. The lowest BCUT2D eigenvalue weighted by molar-refractivity contribution is -0.386. The number of esters is 2. The summed E-state index contributed by atoms with van der Waals surface area (Å²) in [5, 5.41) is 1.65. The molecule has 0 heterocycles. The average Bonchev–Trinajstić information content (AvgIpc) is 2.73. The van der Waals surface area contributed by atoms with Crippen LogP contribution in [0, 0.1) is 0 Å². The van der Waals surface area contributed by atoms with E-state index >= 15 is 0 Å². The summed E-state index contributed by atoms with van der Waals surface area (Å²) in [4.78, 5) is 34.0. The number of carbonyl (C=O) groups excluding carboxylic acids is 3. The minimum atomic E-state index is -7.26. The third kappa shape index (κ3) is 6.99. The zero-order valence-electron chi connectivity index (χ0n) is 17.0. The summed E-state index contributed by atoms with van der Waals surface area (Å²) in [6.45, 7) is 2.30. The first kappa shape index (κ1) is 31.0. The molecule has 0 saturated carbocycles. The van der Waals surface area contributed by atoms with E-state index in [4.69, 9.17) is 0 Å². The van der Waals surface area contributed by atoms with E-state index < -0.39 is 73.5 Å². The van der Waals surface area contributed by atoms with Crippen molar-refractivity contribution in [2.75, 3.05) is 19.8 Å². The van der Waals surface area contributed by atoms with Crippen LogP contribution in [-0.2, 0) is 23.8 Å². The highest BCUT2D eigenvalue weighted by molar-refractivity contribution is 5.82. The van der Waals surface area contributed by atoms with Gasteiger partial charge in [0, 0.05) is 12.2 Å². The molecule has 196 valence electrons. The number of alkyl carbamates (subject to hydrolysis) is 1. The Morgan fingerprint density at radius 2 is 1.21 bits per heavy atom. The van der Waals surface area contributed by atoms with Crippen LogP contribution in [0.1, 0.15) is 6.92 Å². The topological polar surface area (TPSA) is 90.9 Å². The van der Waals surface area contributed by atoms with E-state index in [9.17, 15) is 58.3 Å². The average molecular weight is 521 g/mol. The molecule has 0 spiro atoms. The maximum Gasteiger partial charge on any atom is 0.408 e. The maximum absolute atomic E-state index is 13.6. The lowest BCUT2D eigenvalue weighted by Crippen LogP contribution is -2.65. The van der Waals surface area contributed by atoms with Crippen LogP contribution in [0.5, 0.6) is 0 Å². The molecule has 0 aliphatic carbocycles. The van der Waals surface area contributed by atoms with Gasteiger partial charge in [0.25, 0.3) is 0 Å². The van der Waals surface area contributed by atoms with Crippen LogP contribution in [0.15, 0.2) is 25.3 Å². The molecule has 1 N–H and O–H groups in total. The molecule has 0 atom stereocenters. The molecule has 0 aromatic rings. The van der Waals surface area contributed by atoms with Crippen LogP contribution < -0.4 is 5.32 Å². The summed E-state index contributed by atoms with van der Waals surface area (Å²) in [7, 11) is 0. The maximum atomic E-state index is 13.6. The van der Waals surface area contributed by atoms with E-state index in [0.29, 0.717) is 12.2 Å². The molecule has 0 aliphatic heterocycles. The van der Waals surface area contributed by atoms with Crippen molar-refractivity contribution in [3.8, 4) is 0 Å². The van der Waals surface area contributed by atoms with Gasteiger partial charge in [0.15, 0.2) is 6.61 Å². The number of alkyl halides is 10. The predicted octanol–water partition coefficient (Wildman–Crippen LogP) is 3.74. The number of hydrogen-bond acceptors (Lipinski definition) is 6. The van der Waals surface area contributed by atoms with E-state index in [1.807, 2.05) is 0 Å². The Balaban J connectivity index is 5.53. The predicted molar refractivity (Wildman–Crippen MR) is 91.0 cm³/mol. The fourth-order valence-electron chi connectivity index (χ4n) is 1.80. The van der Waals surface area contributed by atoms with Crippen molar-refractivity contribution in [1.82, 2.24) is 5.32 Å². The molecule has 0 aromatic carbocycles. The third-order valence-electron chi connectivity index (χ3n) is 3.73. The standard InChI is InChI=1S/C17H17F10NO6/c1-4-9(29)32-6-13(3,7-33-10(30)5-2)28-12(31)34-8-14(20,21)16(24,25)17(26,27)15(22,23)11(18)19/h4-5,11H,1-2,6-8H2,3H3,(H,28,31). The van der Waals surface area contributed by atoms with E-state index in [2.05, 4.69) is 27.4 Å². The zero-order chi connectivity index (χ0) is 27.2. The van der Waals surface area contributed by atoms with Gasteiger partial charge in [0.1, 0.15) is 18.8 Å². The van der Waals surface area contributed by atoms with E-state index in [0.717, 1.165) is 6.92 Å². The SMILES string of the molecule is C=CC(=O)OCC(C)(COC(=O)C=C)NC(=O)OCC(F)(F)C(F)(F)C(F)(F)C(F)(F)C(F)F. The monoisotopic (exact) mass is 521 g/mol. The molecule has 1 amide bonds. The second-order valence-corrected chi connectivity index (χ2v) is 6.66. The summed E-state index contributed by atoms with van der Waals surface area (Å²) in [5.41, 5.74) is -2.00. The molecule has 0 unspecified atom stereocenters. The Labute approximate surface area is 184 Å². The molecular weight excluding hydrogens is 504 g/mol. The number of hydrogen-bond donors (Lipinski definition) is 1. The molecule has 0 radical (unpaired) electrons. The molecule has 34 heavy (non-hydrogen) atoms. The van der Waals surface area contributed by atoms with Gasteiger partial charge in [0.05, 0.1) is 0 Å². The van der Waals surface area contributed by atoms with Gasteiger partial charge < -0.3 is 19.5 Å². The van der Waals surface area contributed by atoms with Crippen molar-refractivity contribution in [3.05, 3.63) is 25.3 Å². The number of rotatable bonds is 13. The van der Waals surface area contributed by atoms with Crippen molar-refractivity contribution >= 4 is 18.0 Å². The number of carbonyl (C=O) groups is 3. The minimum absolute atomic E-state index is 0.645. The summed E-state index contributed by atoms with van der Waals surface area (Å²) in [5.74, 6) is -29.7. The Kier molecular flexibility index (Phi) is 9.98. The number of ether oxygens (including phenoxy) is 3. The van der Waals surface area contributed by atoms with Crippen molar-refractivity contribution in [2.45, 2.75) is 42.6 Å². The second kappa shape index (κ2) is 10.9. The van der Waals surface area contributed by atoms with Crippen LogP contribution in [0.2, 0.25) is 0 Å². The lowest BCUT2D eigenvalue weighted by Gasteiger charge is -2.36. The molecular formula is C17H17F10NO6. The largest absolute Gasteiger partial charge is 0.460 e. The minimum Gasteiger partial charge on any atom is -0.460 e. The Bertz CT molecular complexity index is 763. The van der Waals surface area contributed by atoms with Crippen LogP contribution in [0.25, 0.3) is 0 Å². The van der Waals surface area contributed by atoms with Crippen LogP contribution >= 0.6 is 0 Å². The Morgan fingerprint density at radius 1 is 0.794 bits per heavy atom. The van der Waals surface area contributed by atoms with E-state index in [1.165, 1.54) is 0 Å². The van der Waals surface area contributed by atoms with E-state index in [-0.39, 0.29) is 0 Å². The molecule has 0 aliphatic rings.